The molecule has 3 aromatic rings. The van der Waals surface area contributed by atoms with E-state index in [-0.39, 0.29) is 17.0 Å². The molecular formula is C22H23BrN2O2. The lowest BCUT2D eigenvalue weighted by atomic mass is 10.1. The highest BCUT2D eigenvalue weighted by Crippen LogP contribution is 2.34. The van der Waals surface area contributed by atoms with E-state index >= 15 is 0 Å². The van der Waals surface area contributed by atoms with Crippen LogP contribution in [0.1, 0.15) is 30.7 Å². The van der Waals surface area contributed by atoms with E-state index in [1.54, 1.807) is 0 Å². The Morgan fingerprint density at radius 1 is 0.926 bits per heavy atom. The van der Waals surface area contributed by atoms with Gasteiger partial charge in [-0.15, -0.1) is 0 Å². The lowest BCUT2D eigenvalue weighted by Gasteiger charge is -2.04. The first-order valence-corrected chi connectivity index (χ1v) is 9.41. The van der Waals surface area contributed by atoms with Crippen LogP contribution in [-0.2, 0) is 13.0 Å². The third-order valence-electron chi connectivity index (χ3n) is 5.40. The topological polar surface area (TPSA) is 27.3 Å². The molecule has 0 N–H and O–H groups in total. The number of fused-ring (bicyclic) bond motifs is 2. The van der Waals surface area contributed by atoms with E-state index in [0.29, 0.717) is 6.79 Å². The number of benzene rings is 2. The van der Waals surface area contributed by atoms with Crippen LogP contribution in [0.3, 0.4) is 0 Å². The molecule has 5 heteroatoms. The Balaban J connectivity index is 0.00000180. The molecule has 3 heterocycles. The first kappa shape index (κ1) is 18.1. The van der Waals surface area contributed by atoms with Gasteiger partial charge in [-0.2, -0.15) is 4.57 Å². The molecule has 0 atom stereocenters. The Labute approximate surface area is 170 Å². The van der Waals surface area contributed by atoms with E-state index in [9.17, 15) is 0 Å². The predicted molar refractivity (Wildman–Crippen MR) is 99.8 cm³/mol. The molecule has 0 unspecified atom stereocenters. The number of ether oxygens (including phenoxy) is 2. The number of nitrogens with zero attached hydrogens (tertiary/aromatic N) is 2. The van der Waals surface area contributed by atoms with E-state index in [1.807, 2.05) is 6.07 Å². The third kappa shape index (κ3) is 3.25. The highest BCUT2D eigenvalue weighted by atomic mass is 79.9. The van der Waals surface area contributed by atoms with Crippen molar-refractivity contribution in [1.82, 2.24) is 4.57 Å². The number of imidazole rings is 1. The Kier molecular flexibility index (Phi) is 4.96. The monoisotopic (exact) mass is 426 g/mol. The van der Waals surface area contributed by atoms with Crippen molar-refractivity contribution in [3.63, 3.8) is 0 Å². The quantitative estimate of drug-likeness (QED) is 0.575. The minimum Gasteiger partial charge on any atom is -1.00 e. The zero-order chi connectivity index (χ0) is 17.5. The Hall–Kier alpha value is -2.27. The Morgan fingerprint density at radius 2 is 1.74 bits per heavy atom. The average Bonchev–Trinajstić information content (AvgIpc) is 3.19. The molecule has 2 aromatic carbocycles. The second-order valence-electron chi connectivity index (χ2n) is 7.17. The summed E-state index contributed by atoms with van der Waals surface area (Å²) in [4.78, 5) is 0. The third-order valence-corrected chi connectivity index (χ3v) is 5.40. The second-order valence-corrected chi connectivity index (χ2v) is 7.17. The molecule has 0 amide bonds. The van der Waals surface area contributed by atoms with Crippen molar-refractivity contribution in [2.24, 2.45) is 0 Å². The standard InChI is InChI=1S/C22H23N2O2.BrH/c1-16-6-8-17(9-7-16)19-14-24(22-5-3-2-4-12-23(19)22)18-10-11-20-21(13-18)26-15-25-20;/h6-11,13-14H,2-5,12,15H2,1H3;1H/q+1;/p-1. The van der Waals surface area contributed by atoms with Gasteiger partial charge in [-0.25, -0.2) is 4.57 Å². The number of rotatable bonds is 2. The number of aryl methyl sites for hydroxylation is 1. The number of aromatic nitrogens is 2. The minimum absolute atomic E-state index is 0. The molecule has 0 saturated heterocycles. The van der Waals surface area contributed by atoms with Crippen LogP contribution in [0.2, 0.25) is 0 Å². The maximum absolute atomic E-state index is 5.59. The molecule has 0 radical (unpaired) electrons. The smallest absolute Gasteiger partial charge is 0.262 e. The summed E-state index contributed by atoms with van der Waals surface area (Å²) >= 11 is 0. The van der Waals surface area contributed by atoms with Crippen molar-refractivity contribution >= 4 is 0 Å². The first-order valence-electron chi connectivity index (χ1n) is 9.41. The van der Waals surface area contributed by atoms with Gasteiger partial charge in [-0.3, -0.25) is 0 Å². The molecule has 4 nitrogen and oxygen atoms in total. The van der Waals surface area contributed by atoms with Crippen molar-refractivity contribution < 1.29 is 31.0 Å². The number of halogens is 1. The van der Waals surface area contributed by atoms with Gasteiger partial charge in [0.15, 0.2) is 17.2 Å². The van der Waals surface area contributed by atoms with Crippen LogP contribution in [0.4, 0.5) is 0 Å². The van der Waals surface area contributed by atoms with Gasteiger partial charge in [0.25, 0.3) is 5.82 Å². The van der Waals surface area contributed by atoms with Gasteiger partial charge in [-0.1, -0.05) is 29.8 Å². The second kappa shape index (κ2) is 7.39. The summed E-state index contributed by atoms with van der Waals surface area (Å²) in [7, 11) is 0. The summed E-state index contributed by atoms with van der Waals surface area (Å²) in [6.07, 6.45) is 7.14. The lowest BCUT2D eigenvalue weighted by molar-refractivity contribution is -0.692. The molecule has 140 valence electrons. The fourth-order valence-electron chi connectivity index (χ4n) is 3.98. The molecule has 0 bridgehead atoms. The van der Waals surface area contributed by atoms with Crippen molar-refractivity contribution in [3.05, 3.63) is 60.0 Å². The first-order chi connectivity index (χ1) is 12.8. The fraction of sp³-hybridized carbons (Fsp3) is 0.318. The van der Waals surface area contributed by atoms with Crippen molar-refractivity contribution in [2.75, 3.05) is 6.79 Å². The van der Waals surface area contributed by atoms with Crippen LogP contribution in [-0.4, -0.2) is 11.4 Å². The van der Waals surface area contributed by atoms with E-state index in [0.717, 1.165) is 30.2 Å². The molecule has 0 fully saturated rings. The molecule has 5 rings (SSSR count). The molecular weight excluding hydrogens is 404 g/mol. The van der Waals surface area contributed by atoms with Gasteiger partial charge in [0, 0.05) is 18.1 Å². The summed E-state index contributed by atoms with van der Waals surface area (Å²) in [5.74, 6) is 3.04. The van der Waals surface area contributed by atoms with E-state index in [2.05, 4.69) is 58.7 Å². The van der Waals surface area contributed by atoms with Crippen LogP contribution in [0.5, 0.6) is 11.5 Å². The predicted octanol–water partition coefficient (Wildman–Crippen LogP) is 1.20. The van der Waals surface area contributed by atoms with Crippen molar-refractivity contribution in [3.8, 4) is 28.4 Å². The van der Waals surface area contributed by atoms with E-state index in [1.165, 1.54) is 41.9 Å². The zero-order valence-corrected chi connectivity index (χ0v) is 17.0. The summed E-state index contributed by atoms with van der Waals surface area (Å²) < 4.78 is 15.9. The molecule has 0 aliphatic carbocycles. The van der Waals surface area contributed by atoms with Gasteiger partial charge in [0.1, 0.15) is 11.9 Å². The Morgan fingerprint density at radius 3 is 2.59 bits per heavy atom. The molecule has 2 aliphatic heterocycles. The highest BCUT2D eigenvalue weighted by Gasteiger charge is 2.28. The highest BCUT2D eigenvalue weighted by molar-refractivity contribution is 5.58. The number of hydrogen-bond donors (Lipinski definition) is 0. The average molecular weight is 427 g/mol. The van der Waals surface area contributed by atoms with Crippen LogP contribution in [0.15, 0.2) is 48.7 Å². The maximum atomic E-state index is 5.59. The summed E-state index contributed by atoms with van der Waals surface area (Å²) in [6.45, 7) is 3.53. The van der Waals surface area contributed by atoms with Crippen molar-refractivity contribution in [1.29, 1.82) is 0 Å². The zero-order valence-electron chi connectivity index (χ0n) is 15.5. The van der Waals surface area contributed by atoms with Crippen LogP contribution >= 0.6 is 0 Å². The number of hydrogen-bond acceptors (Lipinski definition) is 2. The molecule has 1 aromatic heterocycles. The van der Waals surface area contributed by atoms with Crippen LogP contribution < -0.4 is 31.0 Å². The maximum Gasteiger partial charge on any atom is 0.262 e. The van der Waals surface area contributed by atoms with Gasteiger partial charge < -0.3 is 26.5 Å². The van der Waals surface area contributed by atoms with Crippen molar-refractivity contribution in [2.45, 2.75) is 39.2 Å². The molecule has 2 aliphatic rings. The molecule has 0 saturated carbocycles. The molecule has 27 heavy (non-hydrogen) atoms. The van der Waals surface area contributed by atoms with Crippen LogP contribution in [0, 0.1) is 6.92 Å². The normalized spacial score (nSPS) is 15.0. The van der Waals surface area contributed by atoms with Crippen LogP contribution in [0.25, 0.3) is 16.9 Å². The molecule has 0 spiro atoms. The van der Waals surface area contributed by atoms with Gasteiger partial charge in [0.05, 0.1) is 6.54 Å². The van der Waals surface area contributed by atoms with Gasteiger partial charge in [0.2, 0.25) is 6.79 Å². The van der Waals surface area contributed by atoms with E-state index in [4.69, 9.17) is 9.47 Å². The van der Waals surface area contributed by atoms with E-state index < -0.39 is 0 Å². The van der Waals surface area contributed by atoms with Gasteiger partial charge >= 0.3 is 0 Å². The Bertz CT molecular complexity index is 963. The summed E-state index contributed by atoms with van der Waals surface area (Å²) in [5, 5.41) is 0. The fourth-order valence-corrected chi connectivity index (χ4v) is 3.98. The SMILES string of the molecule is Cc1ccc(-c2cn(-c3ccc4c(c3)OCO4)c3[n+]2CCCCC3)cc1.[Br-]. The minimum atomic E-state index is 0. The summed E-state index contributed by atoms with van der Waals surface area (Å²) in [6, 6.07) is 15.1. The van der Waals surface area contributed by atoms with Gasteiger partial charge in [-0.05, 0) is 38.3 Å². The largest absolute Gasteiger partial charge is 1.00 e. The summed E-state index contributed by atoms with van der Waals surface area (Å²) in [5.41, 5.74) is 5.00. The lowest BCUT2D eigenvalue weighted by Crippen LogP contribution is -3.00.